The van der Waals surface area contributed by atoms with E-state index in [2.05, 4.69) is 5.32 Å². The Morgan fingerprint density at radius 1 is 1.38 bits per heavy atom. The molecule has 1 aliphatic carbocycles. The number of β-amino-alcohol motifs (C(OH)–C–C–N with tert-alkyl or cyclic N) is 1. The highest BCUT2D eigenvalue weighted by atomic mass is 19.1. The average molecular weight is 338 g/mol. The number of halogens is 2. The second-order valence-electron chi connectivity index (χ2n) is 6.65. The van der Waals surface area contributed by atoms with Crippen molar-refractivity contribution in [3.63, 3.8) is 0 Å². The molecule has 3 atom stereocenters. The van der Waals surface area contributed by atoms with Gasteiger partial charge in [-0.1, -0.05) is 25.8 Å². The van der Waals surface area contributed by atoms with Crippen LogP contribution in [0.1, 0.15) is 44.3 Å². The van der Waals surface area contributed by atoms with Gasteiger partial charge in [-0.3, -0.25) is 9.69 Å². The van der Waals surface area contributed by atoms with Gasteiger partial charge in [0.25, 0.3) is 5.91 Å². The lowest BCUT2D eigenvalue weighted by Gasteiger charge is -2.37. The Balaban J connectivity index is 1.80. The van der Waals surface area contributed by atoms with Crippen molar-refractivity contribution in [1.29, 1.82) is 0 Å². The summed E-state index contributed by atoms with van der Waals surface area (Å²) in [5.74, 6) is -2.03. The largest absolute Gasteiger partial charge is 0.386 e. The van der Waals surface area contributed by atoms with E-state index in [1.807, 2.05) is 6.92 Å². The van der Waals surface area contributed by atoms with Crippen molar-refractivity contribution in [1.82, 2.24) is 10.2 Å². The van der Waals surface area contributed by atoms with Crippen LogP contribution in [0.25, 0.3) is 0 Å². The van der Waals surface area contributed by atoms with Gasteiger partial charge in [0.15, 0.2) is 0 Å². The molecule has 1 aliphatic heterocycles. The molecular weight excluding hydrogens is 318 g/mol. The van der Waals surface area contributed by atoms with Crippen molar-refractivity contribution in [2.45, 2.75) is 44.2 Å². The molecule has 7 heteroatoms. The quantitative estimate of drug-likeness (QED) is 0.832. The van der Waals surface area contributed by atoms with Gasteiger partial charge >= 0.3 is 6.03 Å². The molecule has 3 rings (SSSR count). The number of benzene rings is 1. The molecule has 2 aliphatic rings. The molecule has 1 aromatic carbocycles. The number of imide groups is 1. The lowest BCUT2D eigenvalue weighted by atomic mass is 9.73. The van der Waals surface area contributed by atoms with E-state index in [-0.39, 0.29) is 23.9 Å². The first-order chi connectivity index (χ1) is 11.3. The molecule has 1 heterocycles. The van der Waals surface area contributed by atoms with Gasteiger partial charge in [0.1, 0.15) is 17.2 Å². The van der Waals surface area contributed by atoms with Crippen LogP contribution in [0.3, 0.4) is 0 Å². The van der Waals surface area contributed by atoms with Crippen LogP contribution in [-0.4, -0.2) is 34.0 Å². The predicted molar refractivity (Wildman–Crippen MR) is 81.9 cm³/mol. The van der Waals surface area contributed by atoms with E-state index in [0.29, 0.717) is 12.5 Å². The number of hydrogen-bond acceptors (Lipinski definition) is 3. The average Bonchev–Trinajstić information content (AvgIpc) is 2.75. The SMILES string of the molecule is C[C@@H]1CCCC[C@@]12NC(=O)N(C[C@@H](O)c1ccc(F)cc1F)C2=O. The van der Waals surface area contributed by atoms with Gasteiger partial charge in [-0.15, -0.1) is 0 Å². The summed E-state index contributed by atoms with van der Waals surface area (Å²) in [7, 11) is 0. The van der Waals surface area contributed by atoms with Gasteiger partial charge in [0.05, 0.1) is 12.6 Å². The third-order valence-corrected chi connectivity index (χ3v) is 5.18. The molecule has 1 saturated carbocycles. The van der Waals surface area contributed by atoms with Gasteiger partial charge in [0, 0.05) is 11.6 Å². The summed E-state index contributed by atoms with van der Waals surface area (Å²) in [5.41, 5.74) is -1.06. The van der Waals surface area contributed by atoms with Crippen molar-refractivity contribution in [2.75, 3.05) is 6.54 Å². The maximum Gasteiger partial charge on any atom is 0.325 e. The number of rotatable bonds is 3. The Bertz CT molecular complexity index is 682. The molecule has 24 heavy (non-hydrogen) atoms. The molecule has 0 unspecified atom stereocenters. The molecule has 0 radical (unpaired) electrons. The molecule has 3 amide bonds. The van der Waals surface area contributed by atoms with Gasteiger partial charge < -0.3 is 10.4 Å². The summed E-state index contributed by atoms with van der Waals surface area (Å²) in [4.78, 5) is 26.0. The Morgan fingerprint density at radius 3 is 2.79 bits per heavy atom. The van der Waals surface area contributed by atoms with Gasteiger partial charge in [-0.2, -0.15) is 0 Å². The predicted octanol–water partition coefficient (Wildman–Crippen LogP) is 2.50. The van der Waals surface area contributed by atoms with Crippen LogP contribution in [0.15, 0.2) is 18.2 Å². The summed E-state index contributed by atoms with van der Waals surface area (Å²) >= 11 is 0. The maximum atomic E-state index is 13.8. The molecule has 1 aromatic rings. The van der Waals surface area contributed by atoms with Crippen LogP contribution < -0.4 is 5.32 Å². The zero-order chi connectivity index (χ0) is 17.5. The Labute approximate surface area is 138 Å². The Morgan fingerprint density at radius 2 is 2.12 bits per heavy atom. The zero-order valence-corrected chi connectivity index (χ0v) is 13.4. The van der Waals surface area contributed by atoms with E-state index >= 15 is 0 Å². The lowest BCUT2D eigenvalue weighted by molar-refractivity contribution is -0.135. The summed E-state index contributed by atoms with van der Waals surface area (Å²) < 4.78 is 26.7. The number of nitrogens with one attached hydrogen (secondary N) is 1. The van der Waals surface area contributed by atoms with E-state index in [1.54, 1.807) is 0 Å². The summed E-state index contributed by atoms with van der Waals surface area (Å²) in [5, 5.41) is 13.0. The fourth-order valence-corrected chi connectivity index (χ4v) is 3.70. The Hall–Kier alpha value is -2.02. The molecule has 1 saturated heterocycles. The third-order valence-electron chi connectivity index (χ3n) is 5.18. The number of hydrogen-bond donors (Lipinski definition) is 2. The number of carbonyl (C=O) groups is 2. The van der Waals surface area contributed by atoms with Crippen LogP contribution in [0.2, 0.25) is 0 Å². The molecule has 5 nitrogen and oxygen atoms in total. The van der Waals surface area contributed by atoms with Crippen molar-refractivity contribution < 1.29 is 23.5 Å². The minimum absolute atomic E-state index is 0.00685. The number of urea groups is 1. The van der Waals surface area contributed by atoms with Gasteiger partial charge in [-0.25, -0.2) is 13.6 Å². The second kappa shape index (κ2) is 6.12. The number of amides is 3. The number of carbonyl (C=O) groups excluding carboxylic acids is 2. The number of aliphatic hydroxyl groups excluding tert-OH is 1. The molecule has 130 valence electrons. The summed E-state index contributed by atoms with van der Waals surface area (Å²) in [6.45, 7) is 1.57. The summed E-state index contributed by atoms with van der Waals surface area (Å²) in [6, 6.07) is 2.23. The van der Waals surface area contributed by atoms with Crippen molar-refractivity contribution in [3.05, 3.63) is 35.4 Å². The van der Waals surface area contributed by atoms with E-state index < -0.39 is 29.3 Å². The topological polar surface area (TPSA) is 69.6 Å². The van der Waals surface area contributed by atoms with Gasteiger partial charge in [0.2, 0.25) is 0 Å². The van der Waals surface area contributed by atoms with E-state index in [4.69, 9.17) is 0 Å². The normalized spacial score (nSPS) is 28.3. The molecule has 0 aromatic heterocycles. The highest BCUT2D eigenvalue weighted by molar-refractivity contribution is 6.07. The molecule has 1 spiro atoms. The fourth-order valence-electron chi connectivity index (χ4n) is 3.70. The van der Waals surface area contributed by atoms with Crippen molar-refractivity contribution >= 4 is 11.9 Å². The lowest BCUT2D eigenvalue weighted by Crippen LogP contribution is -2.54. The Kier molecular flexibility index (Phi) is 4.29. The van der Waals surface area contributed by atoms with Crippen LogP contribution in [0, 0.1) is 17.6 Å². The monoisotopic (exact) mass is 338 g/mol. The first-order valence-electron chi connectivity index (χ1n) is 8.12. The number of nitrogens with zero attached hydrogens (tertiary/aromatic N) is 1. The maximum absolute atomic E-state index is 13.8. The van der Waals surface area contributed by atoms with Crippen LogP contribution >= 0.6 is 0 Å². The standard InChI is InChI=1S/C17H20F2N2O3/c1-10-4-2-3-7-17(10)15(23)21(16(24)20-17)9-14(22)12-6-5-11(18)8-13(12)19/h5-6,8,10,14,22H,2-4,7,9H2,1H3,(H,20,24)/t10-,14-,17-/m1/s1. The minimum atomic E-state index is -1.41. The van der Waals surface area contributed by atoms with Gasteiger partial charge in [-0.05, 0) is 24.8 Å². The van der Waals surface area contributed by atoms with E-state index in [0.717, 1.165) is 36.3 Å². The van der Waals surface area contributed by atoms with Crippen LogP contribution in [-0.2, 0) is 4.79 Å². The van der Waals surface area contributed by atoms with E-state index in [9.17, 15) is 23.5 Å². The summed E-state index contributed by atoms with van der Waals surface area (Å²) in [6.07, 6.45) is 1.86. The second-order valence-corrected chi connectivity index (χ2v) is 6.65. The van der Waals surface area contributed by atoms with Crippen LogP contribution in [0.5, 0.6) is 0 Å². The smallest absolute Gasteiger partial charge is 0.325 e. The third kappa shape index (κ3) is 2.66. The zero-order valence-electron chi connectivity index (χ0n) is 13.4. The molecule has 2 fully saturated rings. The first-order valence-corrected chi connectivity index (χ1v) is 8.12. The molecule has 0 bridgehead atoms. The fraction of sp³-hybridized carbons (Fsp3) is 0.529. The highest BCUT2D eigenvalue weighted by Crippen LogP contribution is 2.38. The molecule has 2 N–H and O–H groups in total. The van der Waals surface area contributed by atoms with Crippen LogP contribution in [0.4, 0.5) is 13.6 Å². The molecular formula is C17H20F2N2O3. The number of aliphatic hydroxyl groups is 1. The highest BCUT2D eigenvalue weighted by Gasteiger charge is 2.55. The van der Waals surface area contributed by atoms with Crippen molar-refractivity contribution in [3.8, 4) is 0 Å². The van der Waals surface area contributed by atoms with Crippen molar-refractivity contribution in [2.24, 2.45) is 5.92 Å². The first kappa shape index (κ1) is 16.8. The minimum Gasteiger partial charge on any atom is -0.386 e. The van der Waals surface area contributed by atoms with E-state index in [1.165, 1.54) is 0 Å².